The summed E-state index contributed by atoms with van der Waals surface area (Å²) in [4.78, 5) is 25.0. The summed E-state index contributed by atoms with van der Waals surface area (Å²) in [7, 11) is 1.33. The van der Waals surface area contributed by atoms with Crippen LogP contribution < -0.4 is 4.74 Å². The van der Waals surface area contributed by atoms with Crippen LogP contribution in [-0.4, -0.2) is 30.2 Å². The zero-order valence-electron chi connectivity index (χ0n) is 15.3. The van der Waals surface area contributed by atoms with Gasteiger partial charge in [-0.05, 0) is 38.5 Å². The summed E-state index contributed by atoms with van der Waals surface area (Å²) in [5, 5.41) is 0.691. The quantitative estimate of drug-likeness (QED) is 0.665. The molecule has 0 spiro atoms. The fourth-order valence-electron chi connectivity index (χ4n) is 3.21. The SMILES string of the molecule is COC(=O)c1c(C)n(C(=O)COc2ccc(C)cc2C)c2ccccc12. The predicted molar refractivity (Wildman–Crippen MR) is 100 cm³/mol. The normalized spacial score (nSPS) is 10.8. The number of methoxy groups -OCH3 is 1. The molecule has 0 saturated heterocycles. The third-order valence-electron chi connectivity index (χ3n) is 4.43. The number of aromatic nitrogens is 1. The van der Waals surface area contributed by atoms with Crippen LogP contribution >= 0.6 is 0 Å². The molecule has 2 aromatic carbocycles. The molecule has 0 amide bonds. The summed E-state index contributed by atoms with van der Waals surface area (Å²) in [6.45, 7) is 5.56. The lowest BCUT2D eigenvalue weighted by Gasteiger charge is -2.11. The second-order valence-electron chi connectivity index (χ2n) is 6.26. The van der Waals surface area contributed by atoms with E-state index in [0.29, 0.717) is 27.9 Å². The van der Waals surface area contributed by atoms with Crippen LogP contribution in [0.4, 0.5) is 0 Å². The molecule has 134 valence electrons. The Balaban J connectivity index is 1.96. The maximum Gasteiger partial charge on any atom is 0.340 e. The third kappa shape index (κ3) is 3.08. The summed E-state index contributed by atoms with van der Waals surface area (Å²) in [5.41, 5.74) is 3.73. The lowest BCUT2D eigenvalue weighted by atomic mass is 10.1. The van der Waals surface area contributed by atoms with Gasteiger partial charge in [0.05, 0.1) is 18.2 Å². The van der Waals surface area contributed by atoms with Gasteiger partial charge in [0.1, 0.15) is 5.75 Å². The smallest absolute Gasteiger partial charge is 0.340 e. The molecule has 0 radical (unpaired) electrons. The maximum absolute atomic E-state index is 12.8. The zero-order valence-corrected chi connectivity index (χ0v) is 15.3. The minimum Gasteiger partial charge on any atom is -0.483 e. The Kier molecular flexibility index (Phi) is 4.80. The molecule has 26 heavy (non-hydrogen) atoms. The van der Waals surface area contributed by atoms with Gasteiger partial charge in [-0.1, -0.05) is 35.9 Å². The minimum atomic E-state index is -0.458. The lowest BCUT2D eigenvalue weighted by Crippen LogP contribution is -2.21. The molecule has 3 aromatic rings. The molecule has 5 heteroatoms. The number of rotatable bonds is 4. The first-order chi connectivity index (χ1) is 12.4. The fourth-order valence-corrected chi connectivity index (χ4v) is 3.21. The first kappa shape index (κ1) is 17.7. The summed E-state index contributed by atoms with van der Waals surface area (Å²) in [6, 6.07) is 13.1. The minimum absolute atomic E-state index is 0.121. The summed E-state index contributed by atoms with van der Waals surface area (Å²) < 4.78 is 12.1. The summed E-state index contributed by atoms with van der Waals surface area (Å²) in [6.07, 6.45) is 0. The molecular weight excluding hydrogens is 330 g/mol. The van der Waals surface area contributed by atoms with Crippen molar-refractivity contribution in [1.29, 1.82) is 0 Å². The van der Waals surface area contributed by atoms with Crippen LogP contribution in [0.15, 0.2) is 42.5 Å². The van der Waals surface area contributed by atoms with E-state index in [1.54, 1.807) is 6.92 Å². The molecule has 5 nitrogen and oxygen atoms in total. The van der Waals surface area contributed by atoms with Crippen LogP contribution in [0.5, 0.6) is 5.75 Å². The van der Waals surface area contributed by atoms with E-state index in [1.165, 1.54) is 11.7 Å². The van der Waals surface area contributed by atoms with Crippen molar-refractivity contribution >= 4 is 22.8 Å². The number of ether oxygens (including phenoxy) is 2. The highest BCUT2D eigenvalue weighted by Gasteiger charge is 2.23. The van der Waals surface area contributed by atoms with Crippen molar-refractivity contribution in [3.8, 4) is 5.75 Å². The van der Waals surface area contributed by atoms with E-state index in [-0.39, 0.29) is 12.5 Å². The second-order valence-corrected chi connectivity index (χ2v) is 6.26. The second kappa shape index (κ2) is 7.04. The first-order valence-electron chi connectivity index (χ1n) is 8.35. The number of para-hydroxylation sites is 1. The standard InChI is InChI=1S/C21H21NO4/c1-13-9-10-18(14(2)11-13)26-12-19(23)22-15(3)20(21(24)25-4)16-7-5-6-8-17(16)22/h5-11H,12H2,1-4H3. The van der Waals surface area contributed by atoms with Crippen molar-refractivity contribution < 1.29 is 19.1 Å². The maximum atomic E-state index is 12.8. The molecule has 0 atom stereocenters. The van der Waals surface area contributed by atoms with E-state index in [4.69, 9.17) is 9.47 Å². The fraction of sp³-hybridized carbons (Fsp3) is 0.238. The topological polar surface area (TPSA) is 57.5 Å². The molecule has 1 aromatic heterocycles. The van der Waals surface area contributed by atoms with Gasteiger partial charge >= 0.3 is 5.97 Å². The van der Waals surface area contributed by atoms with E-state index in [1.807, 2.05) is 56.3 Å². The number of aryl methyl sites for hydroxylation is 2. The molecule has 0 saturated carbocycles. The monoisotopic (exact) mass is 351 g/mol. The Bertz CT molecular complexity index is 1000. The van der Waals surface area contributed by atoms with Crippen LogP contribution in [0.25, 0.3) is 10.9 Å². The third-order valence-corrected chi connectivity index (χ3v) is 4.43. The van der Waals surface area contributed by atoms with Crippen molar-refractivity contribution in [2.45, 2.75) is 20.8 Å². The highest BCUT2D eigenvalue weighted by atomic mass is 16.5. The predicted octanol–water partition coefficient (Wildman–Crippen LogP) is 4.07. The Labute approximate surface area is 152 Å². The van der Waals surface area contributed by atoms with Crippen LogP contribution in [0.3, 0.4) is 0 Å². The van der Waals surface area contributed by atoms with Crippen molar-refractivity contribution in [2.24, 2.45) is 0 Å². The van der Waals surface area contributed by atoms with Gasteiger partial charge in [0.2, 0.25) is 0 Å². The number of hydrogen-bond acceptors (Lipinski definition) is 4. The average molecular weight is 351 g/mol. The average Bonchev–Trinajstić information content (AvgIpc) is 2.92. The molecular formula is C21H21NO4. The van der Waals surface area contributed by atoms with Crippen molar-refractivity contribution in [3.63, 3.8) is 0 Å². The van der Waals surface area contributed by atoms with E-state index in [2.05, 4.69) is 0 Å². The van der Waals surface area contributed by atoms with Crippen LogP contribution in [0.1, 0.15) is 32.0 Å². The van der Waals surface area contributed by atoms with Gasteiger partial charge < -0.3 is 9.47 Å². The first-order valence-corrected chi connectivity index (χ1v) is 8.35. The molecule has 3 rings (SSSR count). The van der Waals surface area contributed by atoms with Gasteiger partial charge in [0.25, 0.3) is 5.91 Å². The highest BCUT2D eigenvalue weighted by Crippen LogP contribution is 2.27. The Hall–Kier alpha value is -3.08. The van der Waals surface area contributed by atoms with Crippen molar-refractivity contribution in [3.05, 3.63) is 64.8 Å². The van der Waals surface area contributed by atoms with Gasteiger partial charge in [-0.25, -0.2) is 4.79 Å². The van der Waals surface area contributed by atoms with Crippen LogP contribution in [-0.2, 0) is 4.74 Å². The lowest BCUT2D eigenvalue weighted by molar-refractivity contribution is 0.0602. The highest BCUT2D eigenvalue weighted by molar-refractivity contribution is 6.09. The molecule has 0 aliphatic heterocycles. The molecule has 0 N–H and O–H groups in total. The zero-order chi connectivity index (χ0) is 18.8. The summed E-state index contributed by atoms with van der Waals surface area (Å²) >= 11 is 0. The van der Waals surface area contributed by atoms with Gasteiger partial charge in [-0.3, -0.25) is 9.36 Å². The molecule has 1 heterocycles. The Morgan fingerprint density at radius 3 is 2.46 bits per heavy atom. The summed E-state index contributed by atoms with van der Waals surface area (Å²) in [5.74, 6) is -0.0272. The number of hydrogen-bond donors (Lipinski definition) is 0. The van der Waals surface area contributed by atoms with E-state index in [9.17, 15) is 9.59 Å². The molecule has 0 unspecified atom stereocenters. The number of benzene rings is 2. The van der Waals surface area contributed by atoms with Crippen molar-refractivity contribution in [2.75, 3.05) is 13.7 Å². The number of carbonyl (C=O) groups is 2. The molecule has 0 bridgehead atoms. The Morgan fingerprint density at radius 2 is 1.77 bits per heavy atom. The molecule has 0 aliphatic carbocycles. The van der Waals surface area contributed by atoms with Crippen LogP contribution in [0, 0.1) is 20.8 Å². The molecule has 0 aliphatic rings. The number of esters is 1. The van der Waals surface area contributed by atoms with E-state index in [0.717, 1.165) is 11.1 Å². The molecule has 0 fully saturated rings. The van der Waals surface area contributed by atoms with E-state index < -0.39 is 5.97 Å². The van der Waals surface area contributed by atoms with Gasteiger partial charge in [0.15, 0.2) is 6.61 Å². The van der Waals surface area contributed by atoms with E-state index >= 15 is 0 Å². The van der Waals surface area contributed by atoms with Gasteiger partial charge in [0, 0.05) is 11.1 Å². The Morgan fingerprint density at radius 1 is 1.04 bits per heavy atom. The number of fused-ring (bicyclic) bond motifs is 1. The largest absolute Gasteiger partial charge is 0.483 e. The van der Waals surface area contributed by atoms with Gasteiger partial charge in [-0.2, -0.15) is 0 Å². The van der Waals surface area contributed by atoms with Crippen molar-refractivity contribution in [1.82, 2.24) is 4.57 Å². The van der Waals surface area contributed by atoms with Crippen LogP contribution in [0.2, 0.25) is 0 Å². The van der Waals surface area contributed by atoms with Gasteiger partial charge in [-0.15, -0.1) is 0 Å². The number of nitrogens with zero attached hydrogens (tertiary/aromatic N) is 1. The number of carbonyl (C=O) groups excluding carboxylic acids is 2.